The van der Waals surface area contributed by atoms with Crippen LogP contribution in [0.1, 0.15) is 10.4 Å². The number of hydrogen-bond acceptors (Lipinski definition) is 3. The van der Waals surface area contributed by atoms with Crippen LogP contribution in [-0.4, -0.2) is 16.0 Å². The molecule has 104 valence electrons. The van der Waals surface area contributed by atoms with E-state index in [-0.39, 0.29) is 16.8 Å². The van der Waals surface area contributed by atoms with Crippen LogP contribution in [0.2, 0.25) is 5.15 Å². The third-order valence-electron chi connectivity index (χ3n) is 3.14. The van der Waals surface area contributed by atoms with Gasteiger partial charge in [0, 0.05) is 28.2 Å². The third-order valence-corrected chi connectivity index (χ3v) is 3.34. The molecule has 0 aliphatic carbocycles. The lowest BCUT2D eigenvalue weighted by Crippen LogP contribution is -2.12. The lowest BCUT2D eigenvalue weighted by Gasteiger charge is -2.09. The number of pyridine rings is 1. The minimum Gasteiger partial charge on any atom is -0.507 e. The summed E-state index contributed by atoms with van der Waals surface area (Å²) in [5, 5.41) is 14.4. The molecule has 21 heavy (non-hydrogen) atoms. The van der Waals surface area contributed by atoms with Crippen molar-refractivity contribution in [2.24, 2.45) is 0 Å². The highest BCUT2D eigenvalue weighted by Crippen LogP contribution is 2.30. The highest BCUT2D eigenvalue weighted by molar-refractivity contribution is 6.29. The predicted molar refractivity (Wildman–Crippen MR) is 82.8 cm³/mol. The van der Waals surface area contributed by atoms with Crippen LogP contribution in [0.3, 0.4) is 0 Å². The molecule has 1 heterocycles. The van der Waals surface area contributed by atoms with E-state index in [0.717, 1.165) is 5.39 Å². The van der Waals surface area contributed by atoms with E-state index in [2.05, 4.69) is 10.3 Å². The third kappa shape index (κ3) is 2.66. The normalized spacial score (nSPS) is 10.5. The number of carbonyl (C=O) groups is 1. The predicted octanol–water partition coefficient (Wildman–Crippen LogP) is 3.85. The number of amides is 1. The van der Waals surface area contributed by atoms with E-state index in [4.69, 9.17) is 11.6 Å². The highest BCUT2D eigenvalue weighted by Gasteiger charge is 2.10. The Labute approximate surface area is 126 Å². The van der Waals surface area contributed by atoms with Crippen molar-refractivity contribution < 1.29 is 9.90 Å². The smallest absolute Gasteiger partial charge is 0.255 e. The second kappa shape index (κ2) is 5.42. The maximum atomic E-state index is 12.2. The molecule has 0 bridgehead atoms. The Hall–Kier alpha value is -2.59. The molecule has 2 N–H and O–H groups in total. The Bertz CT molecular complexity index is 833. The Kier molecular flexibility index (Phi) is 3.46. The zero-order chi connectivity index (χ0) is 14.8. The number of aromatic hydroxyl groups is 1. The summed E-state index contributed by atoms with van der Waals surface area (Å²) in [5.74, 6) is -0.106. The summed E-state index contributed by atoms with van der Waals surface area (Å²) in [7, 11) is 0. The van der Waals surface area contributed by atoms with Gasteiger partial charge in [0.1, 0.15) is 10.9 Å². The molecule has 5 heteroatoms. The van der Waals surface area contributed by atoms with E-state index >= 15 is 0 Å². The molecule has 3 rings (SSSR count). The van der Waals surface area contributed by atoms with E-state index in [9.17, 15) is 9.90 Å². The van der Waals surface area contributed by atoms with Crippen LogP contribution < -0.4 is 5.32 Å². The number of carbonyl (C=O) groups excluding carboxylic acids is 1. The fourth-order valence-corrected chi connectivity index (χ4v) is 2.31. The van der Waals surface area contributed by atoms with Crippen LogP contribution >= 0.6 is 11.6 Å². The molecule has 0 saturated carbocycles. The van der Waals surface area contributed by atoms with Crippen molar-refractivity contribution in [2.45, 2.75) is 0 Å². The van der Waals surface area contributed by atoms with E-state index in [1.54, 1.807) is 36.4 Å². The van der Waals surface area contributed by atoms with Gasteiger partial charge in [-0.2, -0.15) is 0 Å². The number of hydrogen-bond donors (Lipinski definition) is 2. The van der Waals surface area contributed by atoms with E-state index in [1.165, 1.54) is 12.3 Å². The van der Waals surface area contributed by atoms with Gasteiger partial charge in [0.05, 0.1) is 0 Å². The Morgan fingerprint density at radius 3 is 2.67 bits per heavy atom. The molecule has 0 unspecified atom stereocenters. The average Bonchev–Trinajstić information content (AvgIpc) is 2.48. The lowest BCUT2D eigenvalue weighted by atomic mass is 10.1. The van der Waals surface area contributed by atoms with Gasteiger partial charge in [-0.3, -0.25) is 4.79 Å². The monoisotopic (exact) mass is 298 g/mol. The van der Waals surface area contributed by atoms with Crippen molar-refractivity contribution in [1.29, 1.82) is 0 Å². The van der Waals surface area contributed by atoms with Gasteiger partial charge in [0.15, 0.2) is 0 Å². The van der Waals surface area contributed by atoms with Crippen LogP contribution in [-0.2, 0) is 0 Å². The number of fused-ring (bicyclic) bond motifs is 1. The van der Waals surface area contributed by atoms with Crippen molar-refractivity contribution >= 4 is 34.0 Å². The molecule has 0 aliphatic heterocycles. The molecule has 0 spiro atoms. The first kappa shape index (κ1) is 13.4. The fraction of sp³-hybridized carbons (Fsp3) is 0. The first-order valence-electron chi connectivity index (χ1n) is 6.29. The molecule has 1 amide bonds. The van der Waals surface area contributed by atoms with Crippen LogP contribution in [0.25, 0.3) is 10.8 Å². The summed E-state index contributed by atoms with van der Waals surface area (Å²) >= 11 is 5.78. The molecule has 3 aromatic rings. The van der Waals surface area contributed by atoms with Crippen molar-refractivity contribution in [3.8, 4) is 5.75 Å². The van der Waals surface area contributed by atoms with Crippen LogP contribution in [0.4, 0.5) is 5.69 Å². The van der Waals surface area contributed by atoms with Gasteiger partial charge < -0.3 is 10.4 Å². The number of phenolic OH excluding ortho intramolecular Hbond substituents is 1. The van der Waals surface area contributed by atoms with Crippen molar-refractivity contribution in [1.82, 2.24) is 4.98 Å². The topological polar surface area (TPSA) is 62.2 Å². The standard InChI is InChI=1S/C16H11ClN2O2/c17-15-9-10(7-8-18-15)16(21)19-13-5-1-4-12-11(13)3-2-6-14(12)20/h1-9,20H,(H,19,21). The molecule has 0 aliphatic rings. The zero-order valence-electron chi connectivity index (χ0n) is 10.9. The van der Waals surface area contributed by atoms with E-state index in [1.807, 2.05) is 6.07 Å². The number of anilines is 1. The zero-order valence-corrected chi connectivity index (χ0v) is 11.6. The molecule has 0 atom stereocenters. The number of nitrogens with zero attached hydrogens (tertiary/aromatic N) is 1. The molecular weight excluding hydrogens is 288 g/mol. The number of benzene rings is 2. The summed E-state index contributed by atoms with van der Waals surface area (Å²) in [6.07, 6.45) is 1.48. The van der Waals surface area contributed by atoms with Gasteiger partial charge in [-0.05, 0) is 24.3 Å². The number of nitrogens with one attached hydrogen (secondary N) is 1. The van der Waals surface area contributed by atoms with E-state index < -0.39 is 0 Å². The minimum atomic E-state index is -0.282. The summed E-state index contributed by atoms with van der Waals surface area (Å²) < 4.78 is 0. The second-order valence-corrected chi connectivity index (χ2v) is 4.89. The average molecular weight is 299 g/mol. The minimum absolute atomic E-state index is 0.176. The summed E-state index contributed by atoms with van der Waals surface area (Å²) in [5.41, 5.74) is 1.05. The molecule has 2 aromatic carbocycles. The van der Waals surface area contributed by atoms with Gasteiger partial charge in [0.2, 0.25) is 0 Å². The first-order valence-corrected chi connectivity index (χ1v) is 6.66. The summed E-state index contributed by atoms with van der Waals surface area (Å²) in [6.45, 7) is 0. The van der Waals surface area contributed by atoms with Crippen LogP contribution in [0.15, 0.2) is 54.7 Å². The van der Waals surface area contributed by atoms with Crippen LogP contribution in [0.5, 0.6) is 5.75 Å². The van der Waals surface area contributed by atoms with E-state index in [0.29, 0.717) is 16.6 Å². The van der Waals surface area contributed by atoms with Crippen LogP contribution in [0, 0.1) is 0 Å². The number of rotatable bonds is 2. The van der Waals surface area contributed by atoms with Gasteiger partial charge >= 0.3 is 0 Å². The Balaban J connectivity index is 1.99. The molecule has 0 radical (unpaired) electrons. The maximum absolute atomic E-state index is 12.2. The quantitative estimate of drug-likeness (QED) is 0.706. The van der Waals surface area contributed by atoms with Crippen molar-refractivity contribution in [3.05, 3.63) is 65.4 Å². The lowest BCUT2D eigenvalue weighted by molar-refractivity contribution is 0.102. The second-order valence-electron chi connectivity index (χ2n) is 4.50. The van der Waals surface area contributed by atoms with Gasteiger partial charge in [-0.15, -0.1) is 0 Å². The highest BCUT2D eigenvalue weighted by atomic mass is 35.5. The molecule has 0 saturated heterocycles. The van der Waals surface area contributed by atoms with Gasteiger partial charge in [0.25, 0.3) is 5.91 Å². The number of halogens is 1. The summed E-state index contributed by atoms with van der Waals surface area (Å²) in [6, 6.07) is 13.6. The molecular formula is C16H11ClN2O2. The first-order chi connectivity index (χ1) is 10.1. The SMILES string of the molecule is O=C(Nc1cccc2c(O)cccc12)c1ccnc(Cl)c1. The van der Waals surface area contributed by atoms with Gasteiger partial charge in [-0.1, -0.05) is 35.9 Å². The Morgan fingerprint density at radius 2 is 1.86 bits per heavy atom. The number of aromatic nitrogens is 1. The molecule has 1 aromatic heterocycles. The fourth-order valence-electron chi connectivity index (χ4n) is 2.14. The summed E-state index contributed by atoms with van der Waals surface area (Å²) in [4.78, 5) is 16.1. The van der Waals surface area contributed by atoms with Crippen molar-refractivity contribution in [2.75, 3.05) is 5.32 Å². The Morgan fingerprint density at radius 1 is 1.10 bits per heavy atom. The molecule has 4 nitrogen and oxygen atoms in total. The van der Waals surface area contributed by atoms with Crippen molar-refractivity contribution in [3.63, 3.8) is 0 Å². The maximum Gasteiger partial charge on any atom is 0.255 e. The largest absolute Gasteiger partial charge is 0.507 e. The van der Waals surface area contributed by atoms with Gasteiger partial charge in [-0.25, -0.2) is 4.98 Å². The molecule has 0 fully saturated rings. The number of phenols is 1.